The smallest absolute Gasteiger partial charge is 0.416 e. The van der Waals surface area contributed by atoms with E-state index in [0.717, 1.165) is 18.2 Å². The van der Waals surface area contributed by atoms with Crippen LogP contribution in [0.1, 0.15) is 31.8 Å². The van der Waals surface area contributed by atoms with Gasteiger partial charge in [0.2, 0.25) is 0 Å². The van der Waals surface area contributed by atoms with Gasteiger partial charge in [-0.25, -0.2) is 4.79 Å². The second-order valence-electron chi connectivity index (χ2n) is 5.05. The van der Waals surface area contributed by atoms with Crippen molar-refractivity contribution in [1.29, 1.82) is 0 Å². The van der Waals surface area contributed by atoms with Crippen molar-refractivity contribution in [1.82, 2.24) is 0 Å². The van der Waals surface area contributed by atoms with Crippen LogP contribution in [0.15, 0.2) is 42.5 Å². The first kappa shape index (κ1) is 17.5. The lowest BCUT2D eigenvalue weighted by atomic mass is 10.1. The van der Waals surface area contributed by atoms with E-state index in [2.05, 4.69) is 10.1 Å². The van der Waals surface area contributed by atoms with Crippen molar-refractivity contribution in [2.75, 3.05) is 12.4 Å². The third kappa shape index (κ3) is 3.92. The van der Waals surface area contributed by atoms with Crippen LogP contribution in [0, 0.1) is 6.92 Å². The molecule has 0 spiro atoms. The fourth-order valence-corrected chi connectivity index (χ4v) is 2.07. The van der Waals surface area contributed by atoms with Crippen molar-refractivity contribution < 1.29 is 27.5 Å². The molecule has 0 atom stereocenters. The van der Waals surface area contributed by atoms with E-state index in [0.29, 0.717) is 5.56 Å². The van der Waals surface area contributed by atoms with E-state index in [4.69, 9.17) is 0 Å². The Hall–Kier alpha value is -2.83. The van der Waals surface area contributed by atoms with E-state index in [1.54, 1.807) is 19.1 Å². The lowest BCUT2D eigenvalue weighted by Gasteiger charge is -2.11. The number of rotatable bonds is 3. The number of hydrogen-bond donors (Lipinski definition) is 1. The summed E-state index contributed by atoms with van der Waals surface area (Å²) in [6.45, 7) is 1.70. The third-order valence-electron chi connectivity index (χ3n) is 3.35. The van der Waals surface area contributed by atoms with E-state index in [1.807, 2.05) is 0 Å². The molecular formula is C17H14F3NO3. The fourth-order valence-electron chi connectivity index (χ4n) is 2.07. The number of alkyl halides is 3. The molecule has 0 fully saturated rings. The van der Waals surface area contributed by atoms with Gasteiger partial charge in [0, 0.05) is 11.3 Å². The predicted molar refractivity (Wildman–Crippen MR) is 81.9 cm³/mol. The zero-order valence-corrected chi connectivity index (χ0v) is 12.9. The largest absolute Gasteiger partial charge is 0.465 e. The molecule has 2 aromatic rings. The van der Waals surface area contributed by atoms with Crippen LogP contribution < -0.4 is 5.32 Å². The maximum atomic E-state index is 12.7. The molecule has 7 heteroatoms. The summed E-state index contributed by atoms with van der Waals surface area (Å²) in [7, 11) is 1.23. The number of carbonyl (C=O) groups excluding carboxylic acids is 2. The number of methoxy groups -OCH3 is 1. The maximum Gasteiger partial charge on any atom is 0.416 e. The van der Waals surface area contributed by atoms with Gasteiger partial charge in [-0.1, -0.05) is 12.1 Å². The summed E-state index contributed by atoms with van der Waals surface area (Å²) in [6.07, 6.45) is -4.53. The van der Waals surface area contributed by atoms with Crippen molar-refractivity contribution in [2.24, 2.45) is 0 Å². The van der Waals surface area contributed by atoms with Gasteiger partial charge in [-0.15, -0.1) is 0 Å². The van der Waals surface area contributed by atoms with Gasteiger partial charge >= 0.3 is 12.1 Å². The maximum absolute atomic E-state index is 12.7. The summed E-state index contributed by atoms with van der Waals surface area (Å²) in [5, 5.41) is 2.47. The molecule has 1 N–H and O–H groups in total. The highest BCUT2D eigenvalue weighted by Crippen LogP contribution is 2.29. The highest BCUT2D eigenvalue weighted by atomic mass is 19.4. The molecule has 0 heterocycles. The fraction of sp³-hybridized carbons (Fsp3) is 0.176. The Morgan fingerprint density at radius 1 is 1.08 bits per heavy atom. The number of carbonyl (C=O) groups is 2. The third-order valence-corrected chi connectivity index (χ3v) is 3.35. The Balaban J connectivity index is 2.26. The summed E-state index contributed by atoms with van der Waals surface area (Å²) >= 11 is 0. The van der Waals surface area contributed by atoms with Gasteiger partial charge in [-0.2, -0.15) is 13.2 Å². The van der Waals surface area contributed by atoms with Crippen LogP contribution in [-0.4, -0.2) is 19.0 Å². The number of aryl methyl sites for hydroxylation is 1. The van der Waals surface area contributed by atoms with Gasteiger partial charge in [0.1, 0.15) is 0 Å². The van der Waals surface area contributed by atoms with Crippen molar-refractivity contribution >= 4 is 17.6 Å². The van der Waals surface area contributed by atoms with E-state index in [1.165, 1.54) is 19.2 Å². The molecular weight excluding hydrogens is 323 g/mol. The Kier molecular flexibility index (Phi) is 4.92. The molecule has 0 unspecified atom stereocenters. The SMILES string of the molecule is COC(=O)c1cc(NC(=O)c2cccc(C(F)(F)F)c2)ccc1C. The normalized spacial score (nSPS) is 11.0. The Bertz CT molecular complexity index is 785. The summed E-state index contributed by atoms with van der Waals surface area (Å²) in [6, 6.07) is 8.66. The quantitative estimate of drug-likeness (QED) is 0.860. The number of amides is 1. The highest BCUT2D eigenvalue weighted by Gasteiger charge is 2.30. The minimum atomic E-state index is -4.53. The zero-order chi connectivity index (χ0) is 17.9. The van der Waals surface area contributed by atoms with Crippen molar-refractivity contribution in [3.63, 3.8) is 0 Å². The predicted octanol–water partition coefficient (Wildman–Crippen LogP) is 4.05. The molecule has 0 bridgehead atoms. The van der Waals surface area contributed by atoms with Crippen LogP contribution in [-0.2, 0) is 10.9 Å². The Labute approximate surface area is 136 Å². The molecule has 1 amide bonds. The molecule has 0 aromatic heterocycles. The number of hydrogen-bond acceptors (Lipinski definition) is 3. The molecule has 0 saturated carbocycles. The molecule has 0 saturated heterocycles. The van der Waals surface area contributed by atoms with Crippen molar-refractivity contribution in [2.45, 2.75) is 13.1 Å². The van der Waals surface area contributed by atoms with Crippen LogP contribution in [0.3, 0.4) is 0 Å². The Morgan fingerprint density at radius 3 is 2.42 bits per heavy atom. The first-order chi connectivity index (χ1) is 11.2. The lowest BCUT2D eigenvalue weighted by molar-refractivity contribution is -0.137. The number of halogens is 3. The number of ether oxygens (including phenoxy) is 1. The second kappa shape index (κ2) is 6.74. The van der Waals surface area contributed by atoms with E-state index in [-0.39, 0.29) is 16.8 Å². The van der Waals surface area contributed by atoms with Gasteiger partial charge < -0.3 is 10.1 Å². The molecule has 24 heavy (non-hydrogen) atoms. The average molecular weight is 337 g/mol. The first-order valence-corrected chi connectivity index (χ1v) is 6.90. The molecule has 0 aliphatic heterocycles. The average Bonchev–Trinajstić information content (AvgIpc) is 2.55. The highest BCUT2D eigenvalue weighted by molar-refractivity contribution is 6.05. The number of benzene rings is 2. The summed E-state index contributed by atoms with van der Waals surface area (Å²) in [5.41, 5.74) is 0.154. The molecule has 0 radical (unpaired) electrons. The van der Waals surface area contributed by atoms with Crippen LogP contribution >= 0.6 is 0 Å². The van der Waals surface area contributed by atoms with E-state index in [9.17, 15) is 22.8 Å². The second-order valence-corrected chi connectivity index (χ2v) is 5.05. The minimum Gasteiger partial charge on any atom is -0.465 e. The number of anilines is 1. The van der Waals surface area contributed by atoms with Gasteiger partial charge in [0.05, 0.1) is 18.2 Å². The summed E-state index contributed by atoms with van der Waals surface area (Å²) in [5.74, 6) is -1.27. The standard InChI is InChI=1S/C17H14F3NO3/c1-10-6-7-13(9-14(10)16(23)24-2)21-15(22)11-4-3-5-12(8-11)17(18,19)20/h3-9H,1-2H3,(H,21,22). The minimum absolute atomic E-state index is 0.134. The molecule has 0 aliphatic rings. The van der Waals surface area contributed by atoms with Crippen LogP contribution in [0.4, 0.5) is 18.9 Å². The topological polar surface area (TPSA) is 55.4 Å². The number of esters is 1. The summed E-state index contributed by atoms with van der Waals surface area (Å²) < 4.78 is 42.7. The Morgan fingerprint density at radius 2 is 1.79 bits per heavy atom. The van der Waals surface area contributed by atoms with Gasteiger partial charge in [-0.05, 0) is 42.8 Å². The first-order valence-electron chi connectivity index (χ1n) is 6.90. The van der Waals surface area contributed by atoms with Crippen molar-refractivity contribution in [3.05, 3.63) is 64.7 Å². The molecule has 126 valence electrons. The van der Waals surface area contributed by atoms with Gasteiger partial charge in [-0.3, -0.25) is 4.79 Å². The monoisotopic (exact) mass is 337 g/mol. The molecule has 0 aliphatic carbocycles. The molecule has 4 nitrogen and oxygen atoms in total. The number of nitrogens with one attached hydrogen (secondary N) is 1. The van der Waals surface area contributed by atoms with Crippen LogP contribution in [0.25, 0.3) is 0 Å². The zero-order valence-electron chi connectivity index (χ0n) is 12.9. The lowest BCUT2D eigenvalue weighted by Crippen LogP contribution is -2.14. The van der Waals surface area contributed by atoms with Crippen LogP contribution in [0.5, 0.6) is 0 Å². The molecule has 2 rings (SSSR count). The van der Waals surface area contributed by atoms with Gasteiger partial charge in [0.15, 0.2) is 0 Å². The van der Waals surface area contributed by atoms with Gasteiger partial charge in [0.25, 0.3) is 5.91 Å². The summed E-state index contributed by atoms with van der Waals surface area (Å²) in [4.78, 5) is 23.8. The van der Waals surface area contributed by atoms with Crippen LogP contribution in [0.2, 0.25) is 0 Å². The van der Waals surface area contributed by atoms with Crippen molar-refractivity contribution in [3.8, 4) is 0 Å². The van der Waals surface area contributed by atoms with E-state index >= 15 is 0 Å². The molecule has 2 aromatic carbocycles. The van der Waals surface area contributed by atoms with E-state index < -0.39 is 23.6 Å².